The van der Waals surface area contributed by atoms with E-state index in [1.807, 2.05) is 42.5 Å². The van der Waals surface area contributed by atoms with Gasteiger partial charge in [0.1, 0.15) is 3.74 Å². The molecular formula is C25H20ClNO6S2. The van der Waals surface area contributed by atoms with Crippen molar-refractivity contribution in [3.8, 4) is 0 Å². The van der Waals surface area contributed by atoms with Crippen LogP contribution in [0.2, 0.25) is 0 Å². The molecule has 1 unspecified atom stereocenters. The minimum atomic E-state index is -4.79. The van der Waals surface area contributed by atoms with Crippen molar-refractivity contribution in [2.75, 3.05) is 0 Å². The zero-order valence-corrected chi connectivity index (χ0v) is 20.6. The minimum absolute atomic E-state index is 0.0364. The number of hydrogen-bond acceptors (Lipinski definition) is 7. The van der Waals surface area contributed by atoms with E-state index < -0.39 is 25.5 Å². The maximum Gasteiger partial charge on any atom is 0.269 e. The van der Waals surface area contributed by atoms with Gasteiger partial charge in [0.2, 0.25) is 0 Å². The first kappa shape index (κ1) is 25.2. The van der Waals surface area contributed by atoms with Gasteiger partial charge in [0, 0.05) is 37.5 Å². The number of nitro groups is 1. The molecule has 0 radical (unpaired) electrons. The highest BCUT2D eigenvalue weighted by Gasteiger charge is 2.44. The summed E-state index contributed by atoms with van der Waals surface area (Å²) in [6, 6.07) is 31.5. The molecule has 1 atom stereocenters. The van der Waals surface area contributed by atoms with Crippen molar-refractivity contribution in [2.45, 2.75) is 25.3 Å². The first-order valence-electron chi connectivity index (χ1n) is 10.3. The second-order valence-corrected chi connectivity index (χ2v) is 12.4. The molecule has 0 saturated carbocycles. The molecule has 0 aliphatic rings. The van der Waals surface area contributed by atoms with E-state index in [1.54, 1.807) is 66.4 Å². The number of halogens is 1. The molecule has 180 valence electrons. The standard InChI is InChI=1S/C25H20ClNO6S2/c28-26(29,30)33-35(24-9-5-2-6-10-24,19-20-11-13-21(14-12-20)27(31)32)25-17-15-23(16-18-25)34-22-7-3-1-4-8-22/h1-18H,19H2. The van der Waals surface area contributed by atoms with Crippen LogP contribution in [0.5, 0.6) is 0 Å². The van der Waals surface area contributed by atoms with E-state index in [0.29, 0.717) is 15.4 Å². The maximum absolute atomic E-state index is 12.0. The van der Waals surface area contributed by atoms with Crippen molar-refractivity contribution in [1.29, 1.82) is 0 Å². The number of non-ortho nitro benzene ring substituents is 1. The number of nitrogens with zero attached hydrogens (tertiary/aromatic N) is 1. The van der Waals surface area contributed by atoms with E-state index >= 15 is 0 Å². The van der Waals surface area contributed by atoms with E-state index in [0.717, 1.165) is 9.79 Å². The number of nitro benzene ring substituents is 1. The van der Waals surface area contributed by atoms with Gasteiger partial charge in [0.05, 0.1) is 25.5 Å². The lowest BCUT2D eigenvalue weighted by atomic mass is 10.2. The Morgan fingerprint density at radius 2 is 1.23 bits per heavy atom. The fourth-order valence-corrected chi connectivity index (χ4v) is 8.56. The van der Waals surface area contributed by atoms with Crippen molar-refractivity contribution >= 4 is 27.8 Å². The summed E-state index contributed by atoms with van der Waals surface area (Å²) >= 11 is 1.55. The van der Waals surface area contributed by atoms with Crippen LogP contribution in [0.1, 0.15) is 5.56 Å². The molecule has 4 aromatic rings. The Kier molecular flexibility index (Phi) is 7.78. The van der Waals surface area contributed by atoms with Crippen LogP contribution in [0.15, 0.2) is 129 Å². The normalized spacial score (nSPS) is 14.1. The largest absolute Gasteiger partial charge is 0.269 e. The Morgan fingerprint density at radius 3 is 1.77 bits per heavy atom. The molecule has 0 heterocycles. The molecule has 0 N–H and O–H groups in total. The lowest BCUT2D eigenvalue weighted by Gasteiger charge is -2.34. The highest BCUT2D eigenvalue weighted by atomic mass is 35.7. The van der Waals surface area contributed by atoms with E-state index in [-0.39, 0.29) is 11.4 Å². The third-order valence-electron chi connectivity index (χ3n) is 5.01. The third kappa shape index (κ3) is 6.41. The summed E-state index contributed by atoms with van der Waals surface area (Å²) in [4.78, 5) is 13.6. The van der Waals surface area contributed by atoms with Gasteiger partial charge in [0.15, 0.2) is 0 Å². The molecule has 0 aromatic heterocycles. The Balaban J connectivity index is 1.78. The summed E-state index contributed by atoms with van der Waals surface area (Å²) in [6.45, 7) is 0. The van der Waals surface area contributed by atoms with Gasteiger partial charge >= 0.3 is 0 Å². The van der Waals surface area contributed by atoms with E-state index in [9.17, 15) is 24.1 Å². The van der Waals surface area contributed by atoms with Crippen LogP contribution in [-0.2, 0) is 9.49 Å². The monoisotopic (exact) mass is 529 g/mol. The van der Waals surface area contributed by atoms with Gasteiger partial charge in [-0.15, -0.1) is 0 Å². The SMILES string of the molecule is O=[N+]([O-])c1ccc(CS(O[Cl+3]([O-])([O-])[O-])(c2ccccc2)c2ccc(Sc3ccccc3)cc2)cc1. The average Bonchev–Trinajstić information content (AvgIpc) is 2.85. The van der Waals surface area contributed by atoms with Crippen molar-refractivity contribution in [3.63, 3.8) is 0 Å². The molecule has 0 fully saturated rings. The summed E-state index contributed by atoms with van der Waals surface area (Å²) in [5.41, 5.74) is 0.503. The second kappa shape index (κ2) is 10.8. The van der Waals surface area contributed by atoms with Crippen LogP contribution >= 0.6 is 22.1 Å². The average molecular weight is 530 g/mol. The number of hydrogen-bond donors (Lipinski definition) is 0. The fourth-order valence-electron chi connectivity index (χ4n) is 3.47. The first-order valence-corrected chi connectivity index (χ1v) is 14.1. The van der Waals surface area contributed by atoms with Gasteiger partial charge in [-0.3, -0.25) is 10.1 Å². The van der Waals surface area contributed by atoms with Crippen LogP contribution in [0.3, 0.4) is 0 Å². The third-order valence-corrected chi connectivity index (χ3v) is 10.3. The Hall–Kier alpha value is -2.89. The van der Waals surface area contributed by atoms with Crippen LogP contribution in [0.4, 0.5) is 5.69 Å². The quantitative estimate of drug-likeness (QED) is 0.237. The molecule has 0 aliphatic carbocycles. The zero-order chi connectivity index (χ0) is 24.9. The maximum atomic E-state index is 12.0. The zero-order valence-electron chi connectivity index (χ0n) is 18.2. The fraction of sp³-hybridized carbons (Fsp3) is 0.0400. The molecule has 4 rings (SSSR count). The van der Waals surface area contributed by atoms with Crippen LogP contribution in [0.25, 0.3) is 0 Å². The van der Waals surface area contributed by atoms with Crippen molar-refractivity contribution in [2.24, 2.45) is 0 Å². The van der Waals surface area contributed by atoms with Crippen LogP contribution < -0.4 is 14.0 Å². The van der Waals surface area contributed by atoms with E-state index in [1.165, 1.54) is 12.1 Å². The lowest BCUT2D eigenvalue weighted by Crippen LogP contribution is -2.61. The second-order valence-electron chi connectivity index (χ2n) is 7.38. The molecule has 35 heavy (non-hydrogen) atoms. The predicted octanol–water partition coefficient (Wildman–Crippen LogP) is 4.00. The highest BCUT2D eigenvalue weighted by molar-refractivity contribution is 8.29. The van der Waals surface area contributed by atoms with Gasteiger partial charge in [-0.2, -0.15) is 14.0 Å². The number of rotatable bonds is 9. The Bertz CT molecular complexity index is 1270. The van der Waals surface area contributed by atoms with Gasteiger partial charge in [0.25, 0.3) is 5.69 Å². The molecule has 0 saturated heterocycles. The number of benzene rings is 4. The van der Waals surface area contributed by atoms with Crippen molar-refractivity contribution < 1.29 is 32.9 Å². The topological polar surface area (TPSA) is 122 Å². The highest BCUT2D eigenvalue weighted by Crippen LogP contribution is 2.66. The van der Waals surface area contributed by atoms with Crippen LogP contribution in [-0.4, -0.2) is 4.92 Å². The van der Waals surface area contributed by atoms with Gasteiger partial charge in [-0.25, -0.2) is 0 Å². The summed E-state index contributed by atoms with van der Waals surface area (Å²) in [7, 11) is -7.67. The summed E-state index contributed by atoms with van der Waals surface area (Å²) < 4.78 is 41.2. The lowest BCUT2D eigenvalue weighted by molar-refractivity contribution is -1.91. The Morgan fingerprint density at radius 1 is 0.714 bits per heavy atom. The first-order chi connectivity index (χ1) is 16.7. The van der Waals surface area contributed by atoms with E-state index in [4.69, 9.17) is 3.74 Å². The smallest absolute Gasteiger partial charge is 0.258 e. The predicted molar refractivity (Wildman–Crippen MR) is 125 cm³/mol. The summed E-state index contributed by atoms with van der Waals surface area (Å²) in [5, 5.41) is 11.1. The van der Waals surface area contributed by atoms with E-state index in [2.05, 4.69) is 0 Å². The molecule has 0 aliphatic heterocycles. The molecule has 0 spiro atoms. The van der Waals surface area contributed by atoms with Gasteiger partial charge in [-0.1, -0.05) is 60.3 Å². The van der Waals surface area contributed by atoms with Crippen LogP contribution in [0, 0.1) is 20.4 Å². The summed E-state index contributed by atoms with van der Waals surface area (Å²) in [6.07, 6.45) is 0. The molecule has 7 nitrogen and oxygen atoms in total. The summed E-state index contributed by atoms with van der Waals surface area (Å²) in [5.74, 6) is 0.0364. The molecular weight excluding hydrogens is 510 g/mol. The minimum Gasteiger partial charge on any atom is -0.258 e. The molecule has 4 aromatic carbocycles. The molecule has 10 heteroatoms. The molecule has 0 amide bonds. The van der Waals surface area contributed by atoms with Crippen molar-refractivity contribution in [1.82, 2.24) is 0 Å². The van der Waals surface area contributed by atoms with Gasteiger partial charge < -0.3 is 0 Å². The molecule has 0 bridgehead atoms. The van der Waals surface area contributed by atoms with Gasteiger partial charge in [-0.05, 0) is 54.1 Å². The Labute approximate surface area is 210 Å². The van der Waals surface area contributed by atoms with Crippen molar-refractivity contribution in [3.05, 3.63) is 125 Å².